The molecule has 7 heteroatoms. The third-order valence-corrected chi connectivity index (χ3v) is 5.55. The van der Waals surface area contributed by atoms with Crippen LogP contribution < -0.4 is 10.9 Å². The Morgan fingerprint density at radius 3 is 2.58 bits per heavy atom. The van der Waals surface area contributed by atoms with Gasteiger partial charge in [0.25, 0.3) is 5.56 Å². The summed E-state index contributed by atoms with van der Waals surface area (Å²) in [5.74, 6) is 0.133. The lowest BCUT2D eigenvalue weighted by Crippen LogP contribution is -2.27. The van der Waals surface area contributed by atoms with Crippen molar-refractivity contribution >= 4 is 34.9 Å². The molecule has 126 valence electrons. The molecule has 24 heavy (non-hydrogen) atoms. The molecule has 1 unspecified atom stereocenters. The number of rotatable bonds is 2. The number of amides is 1. The predicted octanol–water partition coefficient (Wildman–Crippen LogP) is 4.07. The van der Waals surface area contributed by atoms with Gasteiger partial charge in [-0.15, -0.1) is 0 Å². The second-order valence-corrected chi connectivity index (χ2v) is 7.33. The first-order valence-electron chi connectivity index (χ1n) is 8.14. The summed E-state index contributed by atoms with van der Waals surface area (Å²) in [7, 11) is 0. The first-order valence-corrected chi connectivity index (χ1v) is 8.89. The minimum Gasteiger partial charge on any atom is -0.311 e. The highest BCUT2D eigenvalue weighted by Crippen LogP contribution is 2.41. The van der Waals surface area contributed by atoms with E-state index in [1.54, 1.807) is 18.2 Å². The molecular weight excluding hydrogens is 349 g/mol. The largest absolute Gasteiger partial charge is 0.311 e. The summed E-state index contributed by atoms with van der Waals surface area (Å²) in [5.41, 5.74) is 1.19. The van der Waals surface area contributed by atoms with Crippen LogP contribution in [0.5, 0.6) is 0 Å². The van der Waals surface area contributed by atoms with E-state index in [0.29, 0.717) is 21.4 Å². The van der Waals surface area contributed by atoms with Gasteiger partial charge in [0.2, 0.25) is 5.91 Å². The molecular formula is C17H17Cl2N3O2. The SMILES string of the molecule is O=C1CC(c2ccc(Cl)cc2Cl)c2c(n(C3CCCC3)[nH]c2=O)N1. The number of hydrogen-bond acceptors (Lipinski definition) is 2. The van der Waals surface area contributed by atoms with Gasteiger partial charge in [0.05, 0.1) is 11.6 Å². The number of aromatic amines is 1. The van der Waals surface area contributed by atoms with E-state index >= 15 is 0 Å². The van der Waals surface area contributed by atoms with Gasteiger partial charge in [-0.05, 0) is 30.5 Å². The minimum atomic E-state index is -0.357. The molecule has 2 heterocycles. The highest BCUT2D eigenvalue weighted by Gasteiger charge is 2.35. The van der Waals surface area contributed by atoms with Crippen LogP contribution in [0.15, 0.2) is 23.0 Å². The maximum atomic E-state index is 12.6. The summed E-state index contributed by atoms with van der Waals surface area (Å²) < 4.78 is 1.85. The Morgan fingerprint density at radius 2 is 1.88 bits per heavy atom. The van der Waals surface area contributed by atoms with Gasteiger partial charge in [-0.25, -0.2) is 0 Å². The number of benzene rings is 1. The van der Waals surface area contributed by atoms with Crippen LogP contribution in [-0.2, 0) is 4.79 Å². The van der Waals surface area contributed by atoms with Crippen molar-refractivity contribution in [2.24, 2.45) is 0 Å². The molecule has 1 amide bonds. The second kappa shape index (κ2) is 5.97. The fourth-order valence-electron chi connectivity index (χ4n) is 3.87. The van der Waals surface area contributed by atoms with Crippen LogP contribution in [0.3, 0.4) is 0 Å². The Kier molecular flexibility index (Phi) is 3.93. The van der Waals surface area contributed by atoms with Crippen molar-refractivity contribution in [1.29, 1.82) is 0 Å². The zero-order valence-electron chi connectivity index (χ0n) is 12.9. The van der Waals surface area contributed by atoms with Gasteiger partial charge in [-0.3, -0.25) is 19.4 Å². The molecule has 2 aliphatic rings. The molecule has 2 aromatic rings. The van der Waals surface area contributed by atoms with Crippen molar-refractivity contribution in [2.45, 2.75) is 44.1 Å². The lowest BCUT2D eigenvalue weighted by atomic mass is 9.87. The Hall–Kier alpha value is -1.72. The van der Waals surface area contributed by atoms with Gasteiger partial charge >= 0.3 is 0 Å². The van der Waals surface area contributed by atoms with Crippen LogP contribution in [0.1, 0.15) is 55.2 Å². The summed E-state index contributed by atoms with van der Waals surface area (Å²) >= 11 is 12.3. The molecule has 1 saturated carbocycles. The van der Waals surface area contributed by atoms with Crippen molar-refractivity contribution < 1.29 is 4.79 Å². The number of aromatic nitrogens is 2. The molecule has 1 aromatic heterocycles. The van der Waals surface area contributed by atoms with Gasteiger partial charge < -0.3 is 5.32 Å². The average Bonchev–Trinajstić information content (AvgIpc) is 3.15. The quantitative estimate of drug-likeness (QED) is 0.841. The van der Waals surface area contributed by atoms with Gasteiger partial charge in [-0.1, -0.05) is 42.1 Å². The highest BCUT2D eigenvalue weighted by atomic mass is 35.5. The molecule has 5 nitrogen and oxygen atoms in total. The average molecular weight is 366 g/mol. The lowest BCUT2D eigenvalue weighted by molar-refractivity contribution is -0.116. The van der Waals surface area contributed by atoms with Crippen molar-refractivity contribution in [2.75, 3.05) is 5.32 Å². The number of hydrogen-bond donors (Lipinski definition) is 2. The van der Waals surface area contributed by atoms with Gasteiger partial charge in [0.1, 0.15) is 5.82 Å². The standard InChI is InChI=1S/C17H17Cl2N3O2/c18-9-5-6-11(13(19)7-9)12-8-14(23)20-16-15(12)17(24)21-22(16)10-3-1-2-4-10/h5-7,10,12H,1-4,8H2,(H,20,23)(H,21,24). The van der Waals surface area contributed by atoms with Crippen LogP contribution >= 0.6 is 23.2 Å². The molecule has 0 radical (unpaired) electrons. The van der Waals surface area contributed by atoms with Crippen LogP contribution in [0, 0.1) is 0 Å². The van der Waals surface area contributed by atoms with Crippen molar-refractivity contribution in [3.8, 4) is 0 Å². The number of halogens is 2. The zero-order valence-corrected chi connectivity index (χ0v) is 14.5. The highest BCUT2D eigenvalue weighted by molar-refractivity contribution is 6.35. The summed E-state index contributed by atoms with van der Waals surface area (Å²) in [6, 6.07) is 5.41. The van der Waals surface area contributed by atoms with Gasteiger partial charge in [-0.2, -0.15) is 0 Å². The summed E-state index contributed by atoms with van der Waals surface area (Å²) in [4.78, 5) is 24.9. The molecule has 0 saturated heterocycles. The number of carbonyl (C=O) groups excluding carboxylic acids is 1. The number of anilines is 1. The number of H-pyrrole nitrogens is 1. The Bertz CT molecular complexity index is 865. The predicted molar refractivity (Wildman–Crippen MR) is 94.1 cm³/mol. The normalized spacial score (nSPS) is 20.9. The number of nitrogens with zero attached hydrogens (tertiary/aromatic N) is 1. The van der Waals surface area contributed by atoms with E-state index in [-0.39, 0.29) is 29.8 Å². The third kappa shape index (κ3) is 2.56. The third-order valence-electron chi connectivity index (χ3n) is 4.99. The summed E-state index contributed by atoms with van der Waals surface area (Å²) in [5, 5.41) is 6.81. The zero-order chi connectivity index (χ0) is 16.8. The van der Waals surface area contributed by atoms with Gasteiger partial charge in [0, 0.05) is 22.4 Å². The van der Waals surface area contributed by atoms with Crippen molar-refractivity contribution in [3.63, 3.8) is 0 Å². The molecule has 1 aliphatic heterocycles. The molecule has 0 spiro atoms. The van der Waals surface area contributed by atoms with E-state index in [1.165, 1.54) is 0 Å². The molecule has 0 bridgehead atoms. The lowest BCUT2D eigenvalue weighted by Gasteiger charge is -2.25. The second-order valence-electron chi connectivity index (χ2n) is 6.48. The number of nitrogens with one attached hydrogen (secondary N) is 2. The van der Waals surface area contributed by atoms with Crippen LogP contribution in [0.2, 0.25) is 10.0 Å². The van der Waals surface area contributed by atoms with E-state index < -0.39 is 0 Å². The van der Waals surface area contributed by atoms with Crippen LogP contribution in [-0.4, -0.2) is 15.7 Å². The summed E-state index contributed by atoms with van der Waals surface area (Å²) in [6.07, 6.45) is 4.50. The topological polar surface area (TPSA) is 66.9 Å². The van der Waals surface area contributed by atoms with E-state index in [0.717, 1.165) is 31.2 Å². The minimum absolute atomic E-state index is 0.107. The van der Waals surface area contributed by atoms with E-state index in [9.17, 15) is 9.59 Å². The maximum Gasteiger partial charge on any atom is 0.270 e. The monoisotopic (exact) mass is 365 g/mol. The Labute approximate surface area is 148 Å². The van der Waals surface area contributed by atoms with Crippen LogP contribution in [0.4, 0.5) is 5.82 Å². The first-order chi connectivity index (χ1) is 11.5. The van der Waals surface area contributed by atoms with Crippen LogP contribution in [0.25, 0.3) is 0 Å². The molecule has 2 N–H and O–H groups in total. The Balaban J connectivity index is 1.85. The molecule has 4 rings (SSSR count). The molecule has 1 fully saturated rings. The van der Waals surface area contributed by atoms with Crippen molar-refractivity contribution in [1.82, 2.24) is 9.78 Å². The fourth-order valence-corrected chi connectivity index (χ4v) is 4.41. The van der Waals surface area contributed by atoms with Crippen molar-refractivity contribution in [3.05, 3.63) is 49.7 Å². The van der Waals surface area contributed by atoms with E-state index in [2.05, 4.69) is 10.4 Å². The van der Waals surface area contributed by atoms with E-state index in [1.807, 2.05) is 4.68 Å². The first kappa shape index (κ1) is 15.8. The number of fused-ring (bicyclic) bond motifs is 1. The Morgan fingerprint density at radius 1 is 1.12 bits per heavy atom. The van der Waals surface area contributed by atoms with Gasteiger partial charge in [0.15, 0.2) is 0 Å². The molecule has 1 atom stereocenters. The fraction of sp³-hybridized carbons (Fsp3) is 0.412. The maximum absolute atomic E-state index is 12.6. The van der Waals surface area contributed by atoms with E-state index in [4.69, 9.17) is 23.2 Å². The molecule has 1 aromatic carbocycles. The smallest absolute Gasteiger partial charge is 0.270 e. The summed E-state index contributed by atoms with van der Waals surface area (Å²) in [6.45, 7) is 0. The number of carbonyl (C=O) groups is 1. The molecule has 1 aliphatic carbocycles.